The highest BCUT2D eigenvalue weighted by Gasteiger charge is 2.46. The van der Waals surface area contributed by atoms with Gasteiger partial charge in [-0.2, -0.15) is 0 Å². The lowest BCUT2D eigenvalue weighted by Gasteiger charge is -2.47. The molecule has 0 saturated heterocycles. The van der Waals surface area contributed by atoms with Crippen LogP contribution in [0.15, 0.2) is 12.3 Å². The van der Waals surface area contributed by atoms with Gasteiger partial charge in [-0.05, 0) is 50.8 Å². The number of nitrogens with one attached hydrogen (secondary N) is 1. The maximum Gasteiger partial charge on any atom is 0.128 e. The molecular weight excluding hydrogens is 238 g/mol. The van der Waals surface area contributed by atoms with E-state index in [2.05, 4.69) is 24.1 Å². The summed E-state index contributed by atoms with van der Waals surface area (Å²) in [6.07, 6.45) is 6.25. The van der Waals surface area contributed by atoms with Gasteiger partial charge in [0.05, 0.1) is 11.6 Å². The summed E-state index contributed by atoms with van der Waals surface area (Å²) < 4.78 is 5.85. The molecule has 4 nitrogen and oxygen atoms in total. The molecule has 19 heavy (non-hydrogen) atoms. The van der Waals surface area contributed by atoms with Crippen LogP contribution in [0.5, 0.6) is 0 Å². The molecule has 106 valence electrons. The molecule has 1 unspecified atom stereocenters. The van der Waals surface area contributed by atoms with Crippen LogP contribution in [-0.2, 0) is 4.74 Å². The Labute approximate surface area is 115 Å². The summed E-state index contributed by atoms with van der Waals surface area (Å²) in [7, 11) is 1.81. The van der Waals surface area contributed by atoms with Gasteiger partial charge < -0.3 is 15.8 Å². The molecule has 0 bridgehead atoms. The van der Waals surface area contributed by atoms with Gasteiger partial charge in [-0.3, -0.25) is 0 Å². The molecule has 0 amide bonds. The van der Waals surface area contributed by atoms with Crippen molar-refractivity contribution in [2.24, 2.45) is 0 Å². The van der Waals surface area contributed by atoms with Crippen LogP contribution in [0, 0.1) is 6.92 Å². The molecule has 1 aliphatic rings. The van der Waals surface area contributed by atoms with Crippen LogP contribution in [0.4, 0.5) is 5.82 Å². The third-order valence-corrected chi connectivity index (χ3v) is 4.26. The van der Waals surface area contributed by atoms with E-state index in [1.807, 2.05) is 13.2 Å². The molecule has 1 aromatic heterocycles. The Kier molecular flexibility index (Phi) is 4.42. The SMILES string of the molecule is CCCNC(c1c(C)ccnc1N)C1(OC)CCC1. The summed E-state index contributed by atoms with van der Waals surface area (Å²) in [6, 6.07) is 2.16. The number of nitrogens with zero attached hydrogens (tertiary/aromatic N) is 1. The third-order valence-electron chi connectivity index (χ3n) is 4.26. The Bertz CT molecular complexity index is 404. The lowest BCUT2D eigenvalue weighted by Crippen LogP contribution is -2.51. The summed E-state index contributed by atoms with van der Waals surface area (Å²) in [4.78, 5) is 4.26. The van der Waals surface area contributed by atoms with Gasteiger partial charge >= 0.3 is 0 Å². The monoisotopic (exact) mass is 263 g/mol. The van der Waals surface area contributed by atoms with E-state index in [1.165, 1.54) is 12.0 Å². The number of methoxy groups -OCH3 is 1. The Morgan fingerprint density at radius 1 is 1.53 bits per heavy atom. The number of aryl methyl sites for hydroxylation is 1. The van der Waals surface area contributed by atoms with E-state index >= 15 is 0 Å². The van der Waals surface area contributed by atoms with Crippen LogP contribution >= 0.6 is 0 Å². The van der Waals surface area contributed by atoms with Crippen molar-refractivity contribution in [3.8, 4) is 0 Å². The zero-order valence-electron chi connectivity index (χ0n) is 12.2. The van der Waals surface area contributed by atoms with Gasteiger partial charge in [0.15, 0.2) is 0 Å². The Morgan fingerprint density at radius 3 is 2.74 bits per heavy atom. The highest BCUT2D eigenvalue weighted by molar-refractivity contribution is 5.47. The summed E-state index contributed by atoms with van der Waals surface area (Å²) >= 11 is 0. The maximum absolute atomic E-state index is 6.12. The molecule has 1 heterocycles. The van der Waals surface area contributed by atoms with E-state index in [4.69, 9.17) is 10.5 Å². The molecule has 4 heteroatoms. The van der Waals surface area contributed by atoms with Gasteiger partial charge in [-0.15, -0.1) is 0 Å². The van der Waals surface area contributed by atoms with Crippen LogP contribution in [0.2, 0.25) is 0 Å². The zero-order chi connectivity index (χ0) is 13.9. The molecule has 3 N–H and O–H groups in total. The molecule has 0 spiro atoms. The fourth-order valence-corrected chi connectivity index (χ4v) is 2.94. The van der Waals surface area contributed by atoms with Gasteiger partial charge in [0.25, 0.3) is 0 Å². The van der Waals surface area contributed by atoms with Crippen molar-refractivity contribution in [1.82, 2.24) is 10.3 Å². The molecule has 1 saturated carbocycles. The van der Waals surface area contributed by atoms with Crippen LogP contribution in [0.1, 0.15) is 49.8 Å². The largest absolute Gasteiger partial charge is 0.383 e. The van der Waals surface area contributed by atoms with Gasteiger partial charge in [-0.1, -0.05) is 6.92 Å². The van der Waals surface area contributed by atoms with E-state index in [9.17, 15) is 0 Å². The number of hydrogen-bond acceptors (Lipinski definition) is 4. The lowest BCUT2D eigenvalue weighted by atomic mass is 9.71. The second-order valence-electron chi connectivity index (χ2n) is 5.44. The molecule has 1 atom stereocenters. The molecule has 1 aromatic rings. The topological polar surface area (TPSA) is 60.2 Å². The summed E-state index contributed by atoms with van der Waals surface area (Å²) in [5.41, 5.74) is 8.30. The van der Waals surface area contributed by atoms with Crippen molar-refractivity contribution in [2.75, 3.05) is 19.4 Å². The van der Waals surface area contributed by atoms with Crippen molar-refractivity contribution in [3.05, 3.63) is 23.4 Å². The predicted molar refractivity (Wildman–Crippen MR) is 78.0 cm³/mol. The minimum absolute atomic E-state index is 0.114. The van der Waals surface area contributed by atoms with Crippen LogP contribution in [0.25, 0.3) is 0 Å². The normalized spacial score (nSPS) is 18.9. The lowest BCUT2D eigenvalue weighted by molar-refractivity contribution is -0.0997. The Morgan fingerprint density at radius 2 is 2.26 bits per heavy atom. The van der Waals surface area contributed by atoms with E-state index < -0.39 is 0 Å². The zero-order valence-corrected chi connectivity index (χ0v) is 12.2. The first kappa shape index (κ1) is 14.3. The van der Waals surface area contributed by atoms with Crippen molar-refractivity contribution in [2.45, 2.75) is 51.2 Å². The predicted octanol–water partition coefficient (Wildman–Crippen LogP) is 2.58. The van der Waals surface area contributed by atoms with Gasteiger partial charge in [-0.25, -0.2) is 4.98 Å². The first-order chi connectivity index (χ1) is 9.14. The van der Waals surface area contributed by atoms with E-state index in [-0.39, 0.29) is 11.6 Å². The smallest absolute Gasteiger partial charge is 0.128 e. The van der Waals surface area contributed by atoms with Crippen LogP contribution in [-0.4, -0.2) is 24.2 Å². The summed E-state index contributed by atoms with van der Waals surface area (Å²) in [5.74, 6) is 0.622. The molecule has 0 radical (unpaired) electrons. The maximum atomic E-state index is 6.12. The van der Waals surface area contributed by atoms with Crippen molar-refractivity contribution in [3.63, 3.8) is 0 Å². The van der Waals surface area contributed by atoms with Gasteiger partial charge in [0, 0.05) is 18.9 Å². The highest BCUT2D eigenvalue weighted by Crippen LogP contribution is 2.46. The van der Waals surface area contributed by atoms with E-state index in [0.29, 0.717) is 5.82 Å². The number of rotatable bonds is 6. The quantitative estimate of drug-likeness (QED) is 0.828. The summed E-state index contributed by atoms with van der Waals surface area (Å²) in [5, 5.41) is 3.62. The first-order valence-electron chi connectivity index (χ1n) is 7.14. The number of hydrogen-bond donors (Lipinski definition) is 2. The van der Waals surface area contributed by atoms with Crippen LogP contribution < -0.4 is 11.1 Å². The van der Waals surface area contributed by atoms with E-state index in [0.717, 1.165) is 31.4 Å². The number of nitrogens with two attached hydrogens (primary N) is 1. The van der Waals surface area contributed by atoms with Crippen LogP contribution in [0.3, 0.4) is 0 Å². The van der Waals surface area contributed by atoms with Crippen molar-refractivity contribution < 1.29 is 4.74 Å². The minimum Gasteiger partial charge on any atom is -0.383 e. The summed E-state index contributed by atoms with van der Waals surface area (Å²) in [6.45, 7) is 5.23. The average molecular weight is 263 g/mol. The van der Waals surface area contributed by atoms with Crippen molar-refractivity contribution in [1.29, 1.82) is 0 Å². The second kappa shape index (κ2) is 5.88. The number of ether oxygens (including phenoxy) is 1. The number of aromatic nitrogens is 1. The Hall–Kier alpha value is -1.13. The standard InChI is InChI=1S/C15H25N3O/c1-4-9-17-13(15(19-3)7-5-8-15)12-11(2)6-10-18-14(12)16/h6,10,13,17H,4-5,7-9H2,1-3H3,(H2,16,18). The molecule has 2 rings (SSSR count). The molecular formula is C15H25N3O. The first-order valence-corrected chi connectivity index (χ1v) is 7.14. The Balaban J connectivity index is 2.37. The van der Waals surface area contributed by atoms with E-state index in [1.54, 1.807) is 6.20 Å². The van der Waals surface area contributed by atoms with Gasteiger partial charge in [0.1, 0.15) is 5.82 Å². The van der Waals surface area contributed by atoms with Crippen molar-refractivity contribution >= 4 is 5.82 Å². The third kappa shape index (κ3) is 2.60. The molecule has 1 aliphatic carbocycles. The minimum atomic E-state index is -0.114. The number of anilines is 1. The second-order valence-corrected chi connectivity index (χ2v) is 5.44. The average Bonchev–Trinajstić information content (AvgIpc) is 2.34. The highest BCUT2D eigenvalue weighted by atomic mass is 16.5. The number of pyridine rings is 1. The number of nitrogen functional groups attached to an aromatic ring is 1. The molecule has 0 aliphatic heterocycles. The molecule has 1 fully saturated rings. The fourth-order valence-electron chi connectivity index (χ4n) is 2.94. The van der Waals surface area contributed by atoms with Gasteiger partial charge in [0.2, 0.25) is 0 Å². The molecule has 0 aromatic carbocycles. The fraction of sp³-hybridized carbons (Fsp3) is 0.667.